The van der Waals surface area contributed by atoms with Gasteiger partial charge in [-0.3, -0.25) is 14.9 Å². The summed E-state index contributed by atoms with van der Waals surface area (Å²) in [4.78, 5) is 26.4. The number of rotatable bonds is 6. The van der Waals surface area contributed by atoms with E-state index in [0.29, 0.717) is 21.5 Å². The summed E-state index contributed by atoms with van der Waals surface area (Å²) < 4.78 is 0.625. The maximum Gasteiger partial charge on any atom is 0.270 e. The highest BCUT2D eigenvalue weighted by Crippen LogP contribution is 2.19. The van der Waals surface area contributed by atoms with Crippen molar-refractivity contribution >= 4 is 40.0 Å². The van der Waals surface area contributed by atoms with Crippen molar-refractivity contribution in [2.24, 2.45) is 0 Å². The molecule has 0 atom stereocenters. The summed E-state index contributed by atoms with van der Waals surface area (Å²) in [6.07, 6.45) is 1.56. The van der Waals surface area contributed by atoms with Crippen LogP contribution in [0, 0.1) is 25.0 Å². The van der Waals surface area contributed by atoms with Gasteiger partial charge >= 0.3 is 0 Å². The number of amides is 1. The first-order chi connectivity index (χ1) is 11.5. The fraction of sp³-hybridized carbons (Fsp3) is 0.133. The number of hydrogen-bond acceptors (Lipinski definition) is 6. The van der Waals surface area contributed by atoms with Crippen molar-refractivity contribution < 1.29 is 9.72 Å². The van der Waals surface area contributed by atoms with Crippen LogP contribution in [0.4, 0.5) is 11.5 Å². The van der Waals surface area contributed by atoms with E-state index in [2.05, 4.69) is 15.6 Å². The summed E-state index contributed by atoms with van der Waals surface area (Å²) in [5.74, 6) is 0.0469. The predicted octanol–water partition coefficient (Wildman–Crippen LogP) is 2.31. The molecule has 2 N–H and O–H groups in total. The minimum Gasteiger partial charge on any atom is -0.367 e. The molecule has 0 aliphatic carbocycles. The van der Waals surface area contributed by atoms with Crippen molar-refractivity contribution in [2.75, 3.05) is 18.4 Å². The largest absolute Gasteiger partial charge is 0.367 e. The van der Waals surface area contributed by atoms with Crippen molar-refractivity contribution in [3.8, 4) is 6.07 Å². The molecule has 1 amide bonds. The van der Waals surface area contributed by atoms with E-state index in [9.17, 15) is 14.9 Å². The Kier molecular flexibility index (Phi) is 6.02. The maximum absolute atomic E-state index is 12.1. The summed E-state index contributed by atoms with van der Waals surface area (Å²) in [6.45, 7) is 0.641. The molecule has 2 rings (SSSR count). The SMILES string of the molecule is N#Cc1cccnc1NCCNC(=O)c1cc([N+](=O)[O-])ccc1I. The van der Waals surface area contributed by atoms with E-state index in [1.807, 2.05) is 28.7 Å². The first-order valence-corrected chi connectivity index (χ1v) is 7.92. The number of nitrogens with one attached hydrogen (secondary N) is 2. The van der Waals surface area contributed by atoms with Gasteiger partial charge in [0.15, 0.2) is 0 Å². The molecule has 0 aliphatic heterocycles. The van der Waals surface area contributed by atoms with Gasteiger partial charge in [0.25, 0.3) is 11.6 Å². The molecule has 0 radical (unpaired) electrons. The fourth-order valence-corrected chi connectivity index (χ4v) is 2.47. The maximum atomic E-state index is 12.1. The first kappa shape index (κ1) is 17.6. The molecule has 0 aliphatic rings. The van der Waals surface area contributed by atoms with E-state index in [4.69, 9.17) is 5.26 Å². The molecule has 0 saturated heterocycles. The number of carbonyl (C=O) groups is 1. The van der Waals surface area contributed by atoms with E-state index >= 15 is 0 Å². The molecule has 0 saturated carbocycles. The van der Waals surface area contributed by atoms with Crippen molar-refractivity contribution in [3.63, 3.8) is 0 Å². The normalized spacial score (nSPS) is 9.83. The van der Waals surface area contributed by atoms with Gasteiger partial charge in [0.05, 0.1) is 16.1 Å². The van der Waals surface area contributed by atoms with Crippen LogP contribution in [-0.4, -0.2) is 28.9 Å². The summed E-state index contributed by atoms with van der Waals surface area (Å²) in [7, 11) is 0. The predicted molar refractivity (Wildman–Crippen MR) is 95.6 cm³/mol. The Morgan fingerprint density at radius 2 is 2.17 bits per heavy atom. The van der Waals surface area contributed by atoms with Crippen molar-refractivity contribution in [1.29, 1.82) is 5.26 Å². The fourth-order valence-electron chi connectivity index (χ4n) is 1.89. The van der Waals surface area contributed by atoms with Gasteiger partial charge in [0, 0.05) is 35.0 Å². The highest BCUT2D eigenvalue weighted by Gasteiger charge is 2.15. The van der Waals surface area contributed by atoms with Crippen LogP contribution in [0.5, 0.6) is 0 Å². The molecule has 2 aromatic rings. The number of nitro benzene ring substituents is 1. The topological polar surface area (TPSA) is 121 Å². The van der Waals surface area contributed by atoms with E-state index in [1.165, 1.54) is 18.2 Å². The number of aromatic nitrogens is 1. The molecule has 1 heterocycles. The molecular weight excluding hydrogens is 425 g/mol. The first-order valence-electron chi connectivity index (χ1n) is 6.84. The van der Waals surface area contributed by atoms with Gasteiger partial charge in [-0.2, -0.15) is 5.26 Å². The molecule has 1 aromatic carbocycles. The molecule has 8 nitrogen and oxygen atoms in total. The molecule has 0 unspecified atom stereocenters. The Hall–Kier alpha value is -2.74. The van der Waals surface area contributed by atoms with E-state index in [-0.39, 0.29) is 17.8 Å². The summed E-state index contributed by atoms with van der Waals surface area (Å²) in [6, 6.07) is 9.44. The van der Waals surface area contributed by atoms with Crippen LogP contribution in [0.3, 0.4) is 0 Å². The van der Waals surface area contributed by atoms with Crippen LogP contribution >= 0.6 is 22.6 Å². The summed E-state index contributed by atoms with van der Waals surface area (Å²) in [5.41, 5.74) is 0.531. The number of carbonyl (C=O) groups excluding carboxylic acids is 1. The number of halogens is 1. The van der Waals surface area contributed by atoms with E-state index in [1.54, 1.807) is 18.3 Å². The second kappa shape index (κ2) is 8.21. The van der Waals surface area contributed by atoms with Gasteiger partial charge in [-0.1, -0.05) is 0 Å². The van der Waals surface area contributed by atoms with Crippen molar-refractivity contribution in [3.05, 3.63) is 61.3 Å². The average molecular weight is 437 g/mol. The molecule has 0 bridgehead atoms. The lowest BCUT2D eigenvalue weighted by Gasteiger charge is -2.09. The van der Waals surface area contributed by atoms with Crippen LogP contribution < -0.4 is 10.6 Å². The lowest BCUT2D eigenvalue weighted by Crippen LogP contribution is -2.29. The number of hydrogen-bond donors (Lipinski definition) is 2. The quantitative estimate of drug-likeness (QED) is 0.310. The molecule has 9 heteroatoms. The molecule has 24 heavy (non-hydrogen) atoms. The lowest BCUT2D eigenvalue weighted by atomic mass is 10.2. The van der Waals surface area contributed by atoms with E-state index in [0.717, 1.165) is 0 Å². The Morgan fingerprint density at radius 3 is 2.88 bits per heavy atom. The summed E-state index contributed by atoms with van der Waals surface area (Å²) >= 11 is 1.95. The number of pyridine rings is 1. The van der Waals surface area contributed by atoms with Crippen LogP contribution in [0.1, 0.15) is 15.9 Å². The third-order valence-corrected chi connectivity index (χ3v) is 3.98. The van der Waals surface area contributed by atoms with Crippen LogP contribution in [0.2, 0.25) is 0 Å². The lowest BCUT2D eigenvalue weighted by molar-refractivity contribution is -0.384. The van der Waals surface area contributed by atoms with Crippen molar-refractivity contribution in [2.45, 2.75) is 0 Å². The van der Waals surface area contributed by atoms with Gasteiger partial charge < -0.3 is 10.6 Å². The van der Waals surface area contributed by atoms with Crippen LogP contribution in [-0.2, 0) is 0 Å². The van der Waals surface area contributed by atoms with Crippen LogP contribution in [0.25, 0.3) is 0 Å². The number of nitro groups is 1. The van der Waals surface area contributed by atoms with Crippen molar-refractivity contribution in [1.82, 2.24) is 10.3 Å². The van der Waals surface area contributed by atoms with Gasteiger partial charge in [-0.15, -0.1) is 0 Å². The zero-order valence-corrected chi connectivity index (χ0v) is 14.5. The summed E-state index contributed by atoms with van der Waals surface area (Å²) in [5, 5.41) is 25.4. The standard InChI is InChI=1S/C15H12IN5O3/c16-13-4-3-11(21(23)24)8-12(13)15(22)20-7-6-19-14-10(9-17)2-1-5-18-14/h1-5,8H,6-7H2,(H,18,19)(H,20,22). The third kappa shape index (κ3) is 4.39. The number of non-ortho nitro benzene ring substituents is 1. The average Bonchev–Trinajstić information content (AvgIpc) is 2.59. The Labute approximate surface area is 151 Å². The minimum absolute atomic E-state index is 0.133. The Balaban J connectivity index is 1.93. The number of anilines is 1. The smallest absolute Gasteiger partial charge is 0.270 e. The second-order valence-electron chi connectivity index (χ2n) is 4.62. The van der Waals surface area contributed by atoms with Gasteiger partial charge in [-0.25, -0.2) is 4.98 Å². The van der Waals surface area contributed by atoms with Gasteiger partial charge in [0.2, 0.25) is 0 Å². The molecule has 122 valence electrons. The molecule has 0 fully saturated rings. The zero-order valence-electron chi connectivity index (χ0n) is 12.3. The molecular formula is C15H12IN5O3. The monoisotopic (exact) mass is 437 g/mol. The highest BCUT2D eigenvalue weighted by molar-refractivity contribution is 14.1. The number of nitriles is 1. The zero-order chi connectivity index (χ0) is 17.5. The second-order valence-corrected chi connectivity index (χ2v) is 5.78. The minimum atomic E-state index is -0.543. The number of nitrogens with zero attached hydrogens (tertiary/aromatic N) is 3. The third-order valence-electron chi connectivity index (χ3n) is 3.04. The highest BCUT2D eigenvalue weighted by atomic mass is 127. The number of benzene rings is 1. The Morgan fingerprint density at radius 1 is 1.38 bits per heavy atom. The van der Waals surface area contributed by atoms with Gasteiger partial charge in [0.1, 0.15) is 11.9 Å². The van der Waals surface area contributed by atoms with Gasteiger partial charge in [-0.05, 0) is 40.8 Å². The molecule has 1 aromatic heterocycles. The Bertz CT molecular complexity index is 819. The van der Waals surface area contributed by atoms with E-state index < -0.39 is 10.8 Å². The molecule has 0 spiro atoms. The van der Waals surface area contributed by atoms with Crippen LogP contribution in [0.15, 0.2) is 36.5 Å².